The van der Waals surface area contributed by atoms with E-state index in [1.54, 1.807) is 0 Å². The van der Waals surface area contributed by atoms with Gasteiger partial charge in [0, 0.05) is 50.1 Å². The van der Waals surface area contributed by atoms with Crippen LogP contribution in [0.3, 0.4) is 0 Å². The zero-order valence-corrected chi connectivity index (χ0v) is 15.2. The Labute approximate surface area is 146 Å². The van der Waals surface area contributed by atoms with Crippen LogP contribution in [0.1, 0.15) is 27.7 Å². The van der Waals surface area contributed by atoms with E-state index >= 15 is 0 Å². The summed E-state index contributed by atoms with van der Waals surface area (Å²) in [6.07, 6.45) is 0. The largest absolute Gasteiger partial charge is 4.00 e. The number of carboxylic acid groups (broad SMARTS) is 4. The van der Waals surface area contributed by atoms with Crippen molar-refractivity contribution >= 4 is 34.8 Å². The molecule has 0 amide bonds. The zero-order chi connectivity index (χ0) is 19.8. The molecule has 0 aliphatic carbocycles. The number of nitrogens with two attached hydrogens (primary N) is 2. The normalized spacial score (nSPS) is 6.92. The van der Waals surface area contributed by atoms with Crippen molar-refractivity contribution in [1.29, 1.82) is 0 Å². The van der Waals surface area contributed by atoms with Gasteiger partial charge < -0.3 is 56.4 Å². The van der Waals surface area contributed by atoms with E-state index in [0.29, 0.717) is 13.1 Å². The van der Waals surface area contributed by atoms with E-state index in [-0.39, 0.29) is 11.0 Å². The van der Waals surface area contributed by atoms with Gasteiger partial charge in [0.1, 0.15) is 0 Å². The van der Waals surface area contributed by atoms with Gasteiger partial charge in [0.15, 0.2) is 0 Å². The Bertz CT molecular complexity index is 236. The molecule has 0 aromatic carbocycles. The molecule has 24 heavy (non-hydrogen) atoms. The van der Waals surface area contributed by atoms with Gasteiger partial charge >= 0.3 is 11.0 Å². The predicted molar refractivity (Wildman–Crippen MR) is 79.5 cm³/mol. The fourth-order valence-corrected chi connectivity index (χ4v) is 0.329. The standard InChI is InChI=1S/C4H13N3.4C2H4O2.Si/c5-1-3-7-4-2-6;4*1-2(3)4;/h7H,1-6H2;4*1H3,(H,3,4);/q;;;;;+4/p-4. The van der Waals surface area contributed by atoms with Crippen molar-refractivity contribution in [3.05, 3.63) is 0 Å². The minimum atomic E-state index is -1.08. The first-order valence-electron chi connectivity index (χ1n) is 6.16. The summed E-state index contributed by atoms with van der Waals surface area (Å²) >= 11 is 0. The number of carboxylic acids is 4. The summed E-state index contributed by atoms with van der Waals surface area (Å²) in [7, 11) is 0. The van der Waals surface area contributed by atoms with Crippen molar-refractivity contribution in [2.75, 3.05) is 26.2 Å². The maximum absolute atomic E-state index is 8.89. The number of rotatable bonds is 4. The van der Waals surface area contributed by atoms with Gasteiger partial charge in [-0.2, -0.15) is 0 Å². The molecule has 0 fully saturated rings. The summed E-state index contributed by atoms with van der Waals surface area (Å²) in [5, 5.41) is 38.6. The summed E-state index contributed by atoms with van der Waals surface area (Å²) in [5.74, 6) is -4.33. The molecule has 11 nitrogen and oxygen atoms in total. The fraction of sp³-hybridized carbons (Fsp3) is 0.667. The van der Waals surface area contributed by atoms with E-state index < -0.39 is 23.9 Å². The first-order chi connectivity index (χ1) is 10.3. The number of hydrogen-bond donors (Lipinski definition) is 3. The van der Waals surface area contributed by atoms with Crippen molar-refractivity contribution in [1.82, 2.24) is 5.32 Å². The maximum Gasteiger partial charge on any atom is 4.00 e. The van der Waals surface area contributed by atoms with Gasteiger partial charge in [0.25, 0.3) is 0 Å². The van der Waals surface area contributed by atoms with Crippen LogP contribution >= 0.6 is 0 Å². The van der Waals surface area contributed by atoms with Crippen LogP contribution in [-0.2, 0) is 19.2 Å². The third-order valence-electron chi connectivity index (χ3n) is 0.642. The number of aliphatic carboxylic acids is 4. The van der Waals surface area contributed by atoms with Crippen LogP contribution in [0.5, 0.6) is 0 Å². The van der Waals surface area contributed by atoms with Gasteiger partial charge in [0.2, 0.25) is 0 Å². The fourth-order valence-electron chi connectivity index (χ4n) is 0.329. The third kappa shape index (κ3) is 1840. The smallest absolute Gasteiger partial charge is 0.550 e. The van der Waals surface area contributed by atoms with Crippen molar-refractivity contribution in [3.8, 4) is 0 Å². The number of carbonyl (C=O) groups excluding carboxylic acids is 4. The monoisotopic (exact) mass is 367 g/mol. The van der Waals surface area contributed by atoms with Crippen LogP contribution in [0.25, 0.3) is 0 Å². The molecule has 0 bridgehead atoms. The summed E-state index contributed by atoms with van der Waals surface area (Å²) in [5.41, 5.74) is 10.3. The number of carbonyl (C=O) groups is 4. The van der Waals surface area contributed by atoms with Gasteiger partial charge in [-0.05, 0) is 27.7 Å². The Kier molecular flexibility index (Phi) is 58.9. The van der Waals surface area contributed by atoms with Gasteiger partial charge in [-0.3, -0.25) is 0 Å². The topological polar surface area (TPSA) is 225 Å². The summed E-state index contributed by atoms with van der Waals surface area (Å²) < 4.78 is 0. The summed E-state index contributed by atoms with van der Waals surface area (Å²) in [4.78, 5) is 35.6. The minimum Gasteiger partial charge on any atom is -0.550 e. The van der Waals surface area contributed by atoms with Gasteiger partial charge in [-0.1, -0.05) is 0 Å². The van der Waals surface area contributed by atoms with Crippen LogP contribution in [0.2, 0.25) is 0 Å². The van der Waals surface area contributed by atoms with E-state index in [1.165, 1.54) is 0 Å². The van der Waals surface area contributed by atoms with E-state index in [0.717, 1.165) is 40.8 Å². The molecule has 0 unspecified atom stereocenters. The summed E-state index contributed by atoms with van der Waals surface area (Å²) in [6.45, 7) is 7.02. The molecule has 0 saturated carbocycles. The Morgan fingerprint density at radius 1 is 0.667 bits per heavy atom. The first-order valence-corrected chi connectivity index (χ1v) is 6.16. The Morgan fingerprint density at radius 2 is 0.792 bits per heavy atom. The third-order valence-corrected chi connectivity index (χ3v) is 0.642. The molecule has 0 aliphatic rings. The van der Waals surface area contributed by atoms with E-state index in [2.05, 4.69) is 5.32 Å². The second kappa shape index (κ2) is 37.3. The molecule has 0 atom stereocenters. The SMILES string of the molecule is CC(=O)[O-].CC(=O)[O-].CC(=O)[O-].CC(=O)[O-].NCCNCCN.[Si+4]. The van der Waals surface area contributed by atoms with Gasteiger partial charge in [-0.15, -0.1) is 0 Å². The molecule has 0 aliphatic heterocycles. The molecule has 0 aromatic rings. The molecule has 0 rings (SSSR count). The molecular formula is C12H25N3O8Si. The predicted octanol–water partition coefficient (Wildman–Crippen LogP) is -6.86. The minimum absolute atomic E-state index is 0. The van der Waals surface area contributed by atoms with Crippen LogP contribution in [0.4, 0.5) is 0 Å². The van der Waals surface area contributed by atoms with Crippen LogP contribution in [0, 0.1) is 0 Å². The molecule has 5 N–H and O–H groups in total. The molecule has 140 valence electrons. The Balaban J connectivity index is -0.0000000429. The molecular weight excluding hydrogens is 342 g/mol. The second-order valence-corrected chi connectivity index (χ2v) is 3.29. The van der Waals surface area contributed by atoms with Crippen LogP contribution in [0.15, 0.2) is 0 Å². The van der Waals surface area contributed by atoms with Crippen LogP contribution < -0.4 is 37.2 Å². The van der Waals surface area contributed by atoms with Crippen molar-refractivity contribution in [2.24, 2.45) is 11.5 Å². The van der Waals surface area contributed by atoms with Crippen molar-refractivity contribution in [3.63, 3.8) is 0 Å². The number of nitrogens with one attached hydrogen (secondary N) is 1. The Hall–Kier alpha value is -2.02. The van der Waals surface area contributed by atoms with E-state index in [9.17, 15) is 0 Å². The van der Waals surface area contributed by atoms with Crippen molar-refractivity contribution in [2.45, 2.75) is 27.7 Å². The molecule has 0 heterocycles. The molecule has 0 radical (unpaired) electrons. The van der Waals surface area contributed by atoms with E-state index in [1.807, 2.05) is 0 Å². The zero-order valence-electron chi connectivity index (χ0n) is 14.2. The second-order valence-electron chi connectivity index (χ2n) is 3.29. The van der Waals surface area contributed by atoms with E-state index in [4.69, 9.17) is 51.1 Å². The molecule has 0 saturated heterocycles. The summed E-state index contributed by atoms with van der Waals surface area (Å²) in [6, 6.07) is 0. The first kappa shape index (κ1) is 37.9. The molecule has 0 spiro atoms. The Morgan fingerprint density at radius 3 is 0.875 bits per heavy atom. The average Bonchev–Trinajstić information content (AvgIpc) is 2.26. The van der Waals surface area contributed by atoms with Gasteiger partial charge in [0.05, 0.1) is 0 Å². The molecule has 0 aromatic heterocycles. The average molecular weight is 367 g/mol. The molecule has 12 heteroatoms. The number of hydrogen-bond acceptors (Lipinski definition) is 11. The van der Waals surface area contributed by atoms with Crippen LogP contribution in [-0.4, -0.2) is 61.0 Å². The van der Waals surface area contributed by atoms with Crippen molar-refractivity contribution < 1.29 is 39.6 Å². The quantitative estimate of drug-likeness (QED) is 0.312. The maximum atomic E-state index is 8.89. The van der Waals surface area contributed by atoms with Gasteiger partial charge in [-0.25, -0.2) is 0 Å².